The summed E-state index contributed by atoms with van der Waals surface area (Å²) in [6.07, 6.45) is 9.76. The standard InChI is InChI=1S/C19H21BrO4/c20-17-3-1-15(24-17)2-4-18(22)23-11-16(21)19-8-12-5-13(9-19)7-14(6-12)10-19/h1-4,12-14H,5-11H2. The maximum Gasteiger partial charge on any atom is 0.331 e. The molecule has 4 saturated carbocycles. The molecule has 4 fully saturated rings. The van der Waals surface area contributed by atoms with Crippen molar-refractivity contribution >= 4 is 33.8 Å². The highest BCUT2D eigenvalue weighted by Crippen LogP contribution is 2.60. The fourth-order valence-corrected chi connectivity index (χ4v) is 5.68. The monoisotopic (exact) mass is 392 g/mol. The maximum absolute atomic E-state index is 12.8. The van der Waals surface area contributed by atoms with Gasteiger partial charge in [-0.05, 0) is 90.4 Å². The van der Waals surface area contributed by atoms with Gasteiger partial charge in [-0.15, -0.1) is 0 Å². The van der Waals surface area contributed by atoms with E-state index in [1.807, 2.05) is 0 Å². The molecule has 0 aromatic carbocycles. The van der Waals surface area contributed by atoms with E-state index < -0.39 is 5.97 Å². The first kappa shape index (κ1) is 16.1. The van der Waals surface area contributed by atoms with Gasteiger partial charge in [-0.2, -0.15) is 0 Å². The van der Waals surface area contributed by atoms with Gasteiger partial charge < -0.3 is 9.15 Å². The summed E-state index contributed by atoms with van der Waals surface area (Å²) in [5.41, 5.74) is -0.204. The van der Waals surface area contributed by atoms with Gasteiger partial charge in [0.25, 0.3) is 0 Å². The van der Waals surface area contributed by atoms with Gasteiger partial charge in [-0.3, -0.25) is 4.79 Å². The fraction of sp³-hybridized carbons (Fsp3) is 0.579. The highest BCUT2D eigenvalue weighted by atomic mass is 79.9. The van der Waals surface area contributed by atoms with Gasteiger partial charge in [0.05, 0.1) is 0 Å². The van der Waals surface area contributed by atoms with Crippen molar-refractivity contribution < 1.29 is 18.7 Å². The van der Waals surface area contributed by atoms with E-state index >= 15 is 0 Å². The van der Waals surface area contributed by atoms with Crippen molar-refractivity contribution in [3.05, 3.63) is 28.6 Å². The Bertz CT molecular complexity index is 652. The van der Waals surface area contributed by atoms with Gasteiger partial charge in [-0.1, -0.05) is 0 Å². The molecule has 5 heteroatoms. The number of rotatable bonds is 5. The lowest BCUT2D eigenvalue weighted by atomic mass is 9.48. The second kappa shape index (κ2) is 6.17. The SMILES string of the molecule is O=C(C=Cc1ccc(Br)o1)OCC(=O)C12CC3CC(CC(C3)C1)C2. The fourth-order valence-electron chi connectivity index (χ4n) is 5.36. The molecule has 0 spiro atoms. The van der Waals surface area contributed by atoms with Crippen molar-refractivity contribution in [1.29, 1.82) is 0 Å². The molecule has 0 N–H and O–H groups in total. The Morgan fingerprint density at radius 1 is 1.17 bits per heavy atom. The Balaban J connectivity index is 1.33. The highest BCUT2D eigenvalue weighted by Gasteiger charge is 2.54. The average Bonchev–Trinajstić information content (AvgIpc) is 2.95. The van der Waals surface area contributed by atoms with Crippen molar-refractivity contribution in [2.24, 2.45) is 23.2 Å². The van der Waals surface area contributed by atoms with E-state index in [1.54, 1.807) is 18.2 Å². The molecule has 0 radical (unpaired) electrons. The summed E-state index contributed by atoms with van der Waals surface area (Å²) in [5, 5.41) is 0. The smallest absolute Gasteiger partial charge is 0.331 e. The Kier molecular flexibility index (Phi) is 4.15. The molecule has 4 nitrogen and oxygen atoms in total. The Morgan fingerprint density at radius 3 is 2.33 bits per heavy atom. The van der Waals surface area contributed by atoms with Crippen LogP contribution in [0.3, 0.4) is 0 Å². The van der Waals surface area contributed by atoms with Crippen molar-refractivity contribution in [2.45, 2.75) is 38.5 Å². The molecule has 24 heavy (non-hydrogen) atoms. The van der Waals surface area contributed by atoms with Gasteiger partial charge in [0.2, 0.25) is 0 Å². The van der Waals surface area contributed by atoms with Crippen LogP contribution in [0.4, 0.5) is 0 Å². The zero-order valence-corrected chi connectivity index (χ0v) is 15.1. The number of carbonyl (C=O) groups excluding carboxylic acids is 2. The van der Waals surface area contributed by atoms with E-state index in [4.69, 9.17) is 9.15 Å². The van der Waals surface area contributed by atoms with Crippen molar-refractivity contribution in [1.82, 2.24) is 0 Å². The van der Waals surface area contributed by atoms with Gasteiger partial charge >= 0.3 is 5.97 Å². The van der Waals surface area contributed by atoms with Gasteiger partial charge in [-0.25, -0.2) is 4.79 Å². The number of hydrogen-bond donors (Lipinski definition) is 0. The van der Waals surface area contributed by atoms with Crippen LogP contribution >= 0.6 is 15.9 Å². The molecule has 4 aliphatic rings. The number of carbonyl (C=O) groups is 2. The summed E-state index contributed by atoms with van der Waals surface area (Å²) >= 11 is 3.20. The minimum atomic E-state index is -0.499. The number of Topliss-reactive ketones (excluding diaryl/α,β-unsaturated/α-hetero) is 1. The molecule has 0 amide bonds. The quantitative estimate of drug-likeness (QED) is 0.550. The van der Waals surface area contributed by atoms with E-state index in [-0.39, 0.29) is 17.8 Å². The first-order chi connectivity index (χ1) is 11.5. The molecular weight excluding hydrogens is 372 g/mol. The van der Waals surface area contributed by atoms with Gasteiger partial charge in [0, 0.05) is 11.5 Å². The van der Waals surface area contributed by atoms with Crippen LogP contribution in [0.5, 0.6) is 0 Å². The van der Waals surface area contributed by atoms with Crippen molar-refractivity contribution in [3.63, 3.8) is 0 Å². The number of ether oxygens (including phenoxy) is 1. The number of ketones is 1. The van der Waals surface area contributed by atoms with Crippen LogP contribution in [0.1, 0.15) is 44.3 Å². The van der Waals surface area contributed by atoms with Crippen LogP contribution in [0.2, 0.25) is 0 Å². The third-order valence-corrected chi connectivity index (χ3v) is 6.38. The van der Waals surface area contributed by atoms with Crippen molar-refractivity contribution in [2.75, 3.05) is 6.61 Å². The topological polar surface area (TPSA) is 56.5 Å². The number of hydrogen-bond acceptors (Lipinski definition) is 4. The van der Waals surface area contributed by atoms with Crippen LogP contribution in [-0.2, 0) is 14.3 Å². The summed E-state index contributed by atoms with van der Waals surface area (Å²) in [6, 6.07) is 3.50. The Morgan fingerprint density at radius 2 is 1.79 bits per heavy atom. The molecule has 1 aromatic heterocycles. The number of esters is 1. The third-order valence-electron chi connectivity index (χ3n) is 5.95. The lowest BCUT2D eigenvalue weighted by molar-refractivity contribution is -0.155. The predicted molar refractivity (Wildman–Crippen MR) is 92.0 cm³/mol. The maximum atomic E-state index is 12.8. The first-order valence-electron chi connectivity index (χ1n) is 8.66. The zero-order valence-electron chi connectivity index (χ0n) is 13.5. The number of furan rings is 1. The summed E-state index contributed by atoms with van der Waals surface area (Å²) in [4.78, 5) is 24.6. The lowest BCUT2D eigenvalue weighted by Crippen LogP contribution is -2.51. The Hall–Kier alpha value is -1.36. The van der Waals surface area contributed by atoms with Crippen LogP contribution in [0.15, 0.2) is 27.3 Å². The molecular formula is C19H21BrO4. The van der Waals surface area contributed by atoms with E-state index in [0.29, 0.717) is 28.2 Å². The van der Waals surface area contributed by atoms with Gasteiger partial charge in [0.15, 0.2) is 17.1 Å². The van der Waals surface area contributed by atoms with E-state index in [9.17, 15) is 9.59 Å². The summed E-state index contributed by atoms with van der Waals surface area (Å²) < 4.78 is 11.1. The second-order valence-electron chi connectivity index (χ2n) is 7.70. The lowest BCUT2D eigenvalue weighted by Gasteiger charge is -2.55. The van der Waals surface area contributed by atoms with Gasteiger partial charge in [0.1, 0.15) is 5.76 Å². The molecule has 0 saturated heterocycles. The minimum absolute atomic E-state index is 0.100. The van der Waals surface area contributed by atoms with Crippen LogP contribution in [0, 0.1) is 23.2 Å². The highest BCUT2D eigenvalue weighted by molar-refractivity contribution is 9.10. The van der Waals surface area contributed by atoms with Crippen LogP contribution in [-0.4, -0.2) is 18.4 Å². The largest absolute Gasteiger partial charge is 0.454 e. The first-order valence-corrected chi connectivity index (χ1v) is 9.45. The summed E-state index contributed by atoms with van der Waals surface area (Å²) in [6.45, 7) is -0.100. The molecule has 0 aliphatic heterocycles. The summed E-state index contributed by atoms with van der Waals surface area (Å²) in [5.74, 6) is 2.34. The Labute approximate surface area is 149 Å². The molecule has 1 heterocycles. The number of halogens is 1. The zero-order chi connectivity index (χ0) is 16.7. The third kappa shape index (κ3) is 3.10. The van der Waals surface area contributed by atoms with Crippen molar-refractivity contribution in [3.8, 4) is 0 Å². The normalized spacial score (nSPS) is 34.0. The van der Waals surface area contributed by atoms with E-state index in [2.05, 4.69) is 15.9 Å². The molecule has 0 atom stereocenters. The van der Waals surface area contributed by atoms with Crippen LogP contribution in [0.25, 0.3) is 6.08 Å². The second-order valence-corrected chi connectivity index (χ2v) is 8.49. The molecule has 128 valence electrons. The molecule has 1 aromatic rings. The molecule has 5 rings (SSSR count). The van der Waals surface area contributed by atoms with E-state index in [1.165, 1.54) is 25.3 Å². The predicted octanol–water partition coefficient (Wildman–Crippen LogP) is 4.38. The summed E-state index contributed by atoms with van der Waals surface area (Å²) in [7, 11) is 0. The van der Waals surface area contributed by atoms with Crippen LogP contribution < -0.4 is 0 Å². The molecule has 0 unspecified atom stereocenters. The minimum Gasteiger partial charge on any atom is -0.454 e. The molecule has 4 bridgehead atoms. The average molecular weight is 393 g/mol. The molecule has 4 aliphatic carbocycles. The van der Waals surface area contributed by atoms with E-state index in [0.717, 1.165) is 19.3 Å².